The number of hydrogen-bond donors (Lipinski definition) is 2. The van der Waals surface area contributed by atoms with Crippen LogP contribution in [0.1, 0.15) is 33.6 Å². The van der Waals surface area contributed by atoms with Crippen molar-refractivity contribution in [3.63, 3.8) is 0 Å². The van der Waals surface area contributed by atoms with Gasteiger partial charge in [-0.15, -0.1) is 0 Å². The first-order chi connectivity index (χ1) is 17.1. The first-order valence-corrected chi connectivity index (χ1v) is 11.6. The third-order valence-electron chi connectivity index (χ3n) is 6.50. The van der Waals surface area contributed by atoms with E-state index in [0.717, 1.165) is 36.1 Å². The molecule has 35 heavy (non-hydrogen) atoms. The summed E-state index contributed by atoms with van der Waals surface area (Å²) in [5, 5.41) is 15.5. The predicted octanol–water partition coefficient (Wildman–Crippen LogP) is 4.30. The number of aromatic nitrogens is 5. The number of H-pyrrole nitrogens is 1. The van der Waals surface area contributed by atoms with Gasteiger partial charge in [0.15, 0.2) is 5.65 Å². The molecule has 0 bridgehead atoms. The van der Waals surface area contributed by atoms with E-state index in [0.29, 0.717) is 28.8 Å². The molecule has 1 amide bonds. The molecule has 5 aromatic rings. The molecule has 8 heteroatoms. The Morgan fingerprint density at radius 3 is 2.86 bits per heavy atom. The van der Waals surface area contributed by atoms with Gasteiger partial charge >= 0.3 is 0 Å². The van der Waals surface area contributed by atoms with Crippen LogP contribution >= 0.6 is 0 Å². The number of nitrogens with zero attached hydrogens (tertiary/aromatic N) is 4. The second kappa shape index (κ2) is 8.79. The highest BCUT2D eigenvalue weighted by atomic mass is 19.1. The molecule has 3 heterocycles. The summed E-state index contributed by atoms with van der Waals surface area (Å²) in [7, 11) is 0. The summed E-state index contributed by atoms with van der Waals surface area (Å²) in [5.41, 5.74) is 5.76. The van der Waals surface area contributed by atoms with E-state index in [1.807, 2.05) is 48.7 Å². The van der Waals surface area contributed by atoms with Gasteiger partial charge in [-0.3, -0.25) is 9.89 Å². The van der Waals surface area contributed by atoms with E-state index < -0.39 is 0 Å². The van der Waals surface area contributed by atoms with Gasteiger partial charge in [-0.2, -0.15) is 10.2 Å². The Morgan fingerprint density at radius 2 is 2.00 bits per heavy atom. The molecular formula is C27H23FN6O. The zero-order chi connectivity index (χ0) is 23.8. The quantitative estimate of drug-likeness (QED) is 0.404. The van der Waals surface area contributed by atoms with Gasteiger partial charge in [0.05, 0.1) is 35.6 Å². The molecule has 7 nitrogen and oxygen atoms in total. The number of hydrogen-bond acceptors (Lipinski definition) is 4. The van der Waals surface area contributed by atoms with Crippen molar-refractivity contribution in [3.05, 3.63) is 101 Å². The normalized spacial score (nSPS) is 15.2. The van der Waals surface area contributed by atoms with Crippen molar-refractivity contribution >= 4 is 16.9 Å². The van der Waals surface area contributed by atoms with E-state index in [4.69, 9.17) is 4.98 Å². The second-order valence-electron chi connectivity index (χ2n) is 8.88. The number of nitrogens with one attached hydrogen (secondary N) is 2. The number of amides is 1. The first kappa shape index (κ1) is 21.2. The maximum atomic E-state index is 13.8. The van der Waals surface area contributed by atoms with Crippen molar-refractivity contribution in [1.29, 1.82) is 0 Å². The molecule has 1 aliphatic rings. The van der Waals surface area contributed by atoms with Crippen LogP contribution in [0.5, 0.6) is 0 Å². The number of carbonyl (C=O) groups excluding carboxylic acids is 1. The summed E-state index contributed by atoms with van der Waals surface area (Å²) in [6.07, 6.45) is 5.98. The zero-order valence-electron chi connectivity index (χ0n) is 18.9. The minimum atomic E-state index is -0.301. The monoisotopic (exact) mass is 466 g/mol. The Kier molecular flexibility index (Phi) is 5.33. The number of fused-ring (bicyclic) bond motifs is 2. The molecule has 1 aliphatic carbocycles. The highest BCUT2D eigenvalue weighted by molar-refractivity contribution is 6.06. The summed E-state index contributed by atoms with van der Waals surface area (Å²) in [6.45, 7) is 0.346. The molecule has 1 unspecified atom stereocenters. The largest absolute Gasteiger partial charge is 0.349 e. The fraction of sp³-hybridized carbons (Fsp3) is 0.185. The van der Waals surface area contributed by atoms with Crippen LogP contribution in [0.3, 0.4) is 0 Å². The predicted molar refractivity (Wildman–Crippen MR) is 130 cm³/mol. The number of aromatic amines is 1. The van der Waals surface area contributed by atoms with E-state index in [-0.39, 0.29) is 17.8 Å². The lowest BCUT2D eigenvalue weighted by Gasteiger charge is -2.23. The van der Waals surface area contributed by atoms with Crippen LogP contribution < -0.4 is 5.32 Å². The number of pyridine rings is 1. The van der Waals surface area contributed by atoms with Crippen LogP contribution in [0.4, 0.5) is 4.39 Å². The molecule has 2 aromatic carbocycles. The molecule has 0 radical (unpaired) electrons. The van der Waals surface area contributed by atoms with E-state index in [1.54, 1.807) is 16.9 Å². The maximum absolute atomic E-state index is 13.8. The van der Waals surface area contributed by atoms with E-state index in [2.05, 4.69) is 20.6 Å². The lowest BCUT2D eigenvalue weighted by molar-refractivity contribution is 0.0935. The third kappa shape index (κ3) is 4.19. The average molecular weight is 467 g/mol. The molecule has 2 N–H and O–H groups in total. The van der Waals surface area contributed by atoms with Crippen LogP contribution in [0.15, 0.2) is 73.1 Å². The van der Waals surface area contributed by atoms with Crippen molar-refractivity contribution in [2.75, 3.05) is 0 Å². The molecule has 6 rings (SSSR count). The molecule has 0 fully saturated rings. The summed E-state index contributed by atoms with van der Waals surface area (Å²) >= 11 is 0. The summed E-state index contributed by atoms with van der Waals surface area (Å²) in [5.74, 6) is -0.460. The Balaban J connectivity index is 1.38. The molecule has 0 aliphatic heterocycles. The number of benzene rings is 2. The zero-order valence-corrected chi connectivity index (χ0v) is 18.9. The topological polar surface area (TPSA) is 88.5 Å². The molecule has 0 saturated carbocycles. The van der Waals surface area contributed by atoms with Crippen molar-refractivity contribution in [1.82, 2.24) is 30.3 Å². The van der Waals surface area contributed by atoms with Gasteiger partial charge in [-0.05, 0) is 42.2 Å². The van der Waals surface area contributed by atoms with Gasteiger partial charge < -0.3 is 5.32 Å². The second-order valence-corrected chi connectivity index (χ2v) is 8.88. The SMILES string of the molecule is O=C(NC1CCc2cn[nH]c2C1)c1cc(-c2ccccc2)nc2c1cnn2Cc1cccc(F)c1. The Labute approximate surface area is 201 Å². The van der Waals surface area contributed by atoms with Gasteiger partial charge in [0, 0.05) is 23.7 Å². The molecule has 0 saturated heterocycles. The van der Waals surface area contributed by atoms with Crippen molar-refractivity contribution in [2.45, 2.75) is 31.8 Å². The third-order valence-corrected chi connectivity index (χ3v) is 6.50. The van der Waals surface area contributed by atoms with E-state index in [1.165, 1.54) is 17.7 Å². The number of halogens is 1. The van der Waals surface area contributed by atoms with Crippen LogP contribution in [-0.2, 0) is 19.4 Å². The standard InChI is InChI=1S/C27H23FN6O/c28-20-8-4-5-17(11-20)16-34-26-23(15-30-34)22(13-24(32-26)18-6-2-1-3-7-18)27(35)31-21-10-9-19-14-29-33-25(19)12-21/h1-8,11,13-15,21H,9-10,12,16H2,(H,29,33)(H,31,35). The Hall–Kier alpha value is -4.33. The number of aryl methyl sites for hydroxylation is 1. The van der Waals surface area contributed by atoms with Crippen LogP contribution in [-0.4, -0.2) is 36.9 Å². The van der Waals surface area contributed by atoms with Crippen LogP contribution in [0, 0.1) is 5.82 Å². The van der Waals surface area contributed by atoms with E-state index >= 15 is 0 Å². The smallest absolute Gasteiger partial charge is 0.252 e. The average Bonchev–Trinajstić information content (AvgIpc) is 3.51. The van der Waals surface area contributed by atoms with Crippen LogP contribution in [0.2, 0.25) is 0 Å². The Bertz CT molecular complexity index is 1520. The van der Waals surface area contributed by atoms with Gasteiger partial charge in [-0.1, -0.05) is 42.5 Å². The van der Waals surface area contributed by atoms with Crippen molar-refractivity contribution in [2.24, 2.45) is 0 Å². The lowest BCUT2D eigenvalue weighted by Crippen LogP contribution is -2.38. The summed E-state index contributed by atoms with van der Waals surface area (Å²) < 4.78 is 15.5. The van der Waals surface area contributed by atoms with Crippen LogP contribution in [0.25, 0.3) is 22.3 Å². The van der Waals surface area contributed by atoms with Gasteiger partial charge in [0.1, 0.15) is 5.82 Å². The fourth-order valence-electron chi connectivity index (χ4n) is 4.71. The van der Waals surface area contributed by atoms with Crippen molar-refractivity contribution in [3.8, 4) is 11.3 Å². The maximum Gasteiger partial charge on any atom is 0.252 e. The fourth-order valence-corrected chi connectivity index (χ4v) is 4.71. The van der Waals surface area contributed by atoms with Gasteiger partial charge in [0.25, 0.3) is 5.91 Å². The lowest BCUT2D eigenvalue weighted by atomic mass is 9.93. The van der Waals surface area contributed by atoms with Gasteiger partial charge in [0.2, 0.25) is 0 Å². The van der Waals surface area contributed by atoms with E-state index in [9.17, 15) is 9.18 Å². The Morgan fingerprint density at radius 1 is 1.11 bits per heavy atom. The molecule has 1 atom stereocenters. The molecule has 0 spiro atoms. The molecular weight excluding hydrogens is 443 g/mol. The molecule has 3 aromatic heterocycles. The van der Waals surface area contributed by atoms with Gasteiger partial charge in [-0.25, -0.2) is 14.1 Å². The van der Waals surface area contributed by atoms with Crippen molar-refractivity contribution < 1.29 is 9.18 Å². The summed E-state index contributed by atoms with van der Waals surface area (Å²) in [4.78, 5) is 18.4. The summed E-state index contributed by atoms with van der Waals surface area (Å²) in [6, 6.07) is 18.0. The molecule has 174 valence electrons. The number of rotatable bonds is 5. The minimum absolute atomic E-state index is 0.0150. The highest BCUT2D eigenvalue weighted by Gasteiger charge is 2.24. The minimum Gasteiger partial charge on any atom is -0.349 e. The number of carbonyl (C=O) groups is 1. The highest BCUT2D eigenvalue weighted by Crippen LogP contribution is 2.26. The first-order valence-electron chi connectivity index (χ1n) is 11.6.